The number of carbonyl (C=O) groups is 2. The molecule has 156 valence electrons. The summed E-state index contributed by atoms with van der Waals surface area (Å²) in [6, 6.07) is 5.48. The van der Waals surface area contributed by atoms with Crippen LogP contribution in [-0.4, -0.2) is 45.9 Å². The van der Waals surface area contributed by atoms with Gasteiger partial charge in [0.25, 0.3) is 11.8 Å². The SMILES string of the molecule is C=C(CC)C(=O)n1ccc(N2CCCc3cc(C(=O)N4CCCC4)cnc32)cc1=N. The van der Waals surface area contributed by atoms with Crippen molar-refractivity contribution in [2.24, 2.45) is 0 Å². The van der Waals surface area contributed by atoms with Crippen LogP contribution < -0.4 is 10.4 Å². The summed E-state index contributed by atoms with van der Waals surface area (Å²) in [6.45, 7) is 8.07. The molecule has 1 amide bonds. The summed E-state index contributed by atoms with van der Waals surface area (Å²) in [5.41, 5.74) is 3.10. The van der Waals surface area contributed by atoms with Crippen molar-refractivity contribution in [1.29, 1.82) is 5.41 Å². The van der Waals surface area contributed by atoms with Gasteiger partial charge in [-0.15, -0.1) is 0 Å². The third kappa shape index (κ3) is 3.67. The lowest BCUT2D eigenvalue weighted by Gasteiger charge is -2.30. The highest BCUT2D eigenvalue weighted by atomic mass is 16.2. The Morgan fingerprint density at radius 2 is 1.93 bits per heavy atom. The second kappa shape index (κ2) is 8.26. The van der Waals surface area contributed by atoms with Gasteiger partial charge < -0.3 is 9.80 Å². The van der Waals surface area contributed by atoms with Gasteiger partial charge in [-0.2, -0.15) is 0 Å². The molecule has 4 heterocycles. The number of rotatable bonds is 4. The molecule has 1 saturated heterocycles. The molecule has 0 aromatic carbocycles. The van der Waals surface area contributed by atoms with Crippen molar-refractivity contribution < 1.29 is 9.59 Å². The van der Waals surface area contributed by atoms with E-state index in [1.807, 2.05) is 24.0 Å². The highest BCUT2D eigenvalue weighted by Crippen LogP contribution is 2.31. The molecule has 7 heteroatoms. The number of carbonyl (C=O) groups excluding carboxylic acids is 2. The van der Waals surface area contributed by atoms with Crippen LogP contribution in [0.3, 0.4) is 0 Å². The molecule has 0 bridgehead atoms. The molecule has 7 nitrogen and oxygen atoms in total. The van der Waals surface area contributed by atoms with Crippen molar-refractivity contribution in [3.8, 4) is 0 Å². The zero-order valence-corrected chi connectivity index (χ0v) is 17.4. The van der Waals surface area contributed by atoms with Crippen molar-refractivity contribution >= 4 is 23.3 Å². The molecule has 2 aliphatic heterocycles. The van der Waals surface area contributed by atoms with Crippen LogP contribution in [0.5, 0.6) is 0 Å². The van der Waals surface area contributed by atoms with Crippen LogP contribution in [-0.2, 0) is 6.42 Å². The summed E-state index contributed by atoms with van der Waals surface area (Å²) in [4.78, 5) is 33.7. The Morgan fingerprint density at radius 3 is 2.63 bits per heavy atom. The maximum absolute atomic E-state index is 12.7. The summed E-state index contributed by atoms with van der Waals surface area (Å²) in [5, 5.41) is 8.30. The van der Waals surface area contributed by atoms with Crippen LogP contribution >= 0.6 is 0 Å². The number of anilines is 2. The number of hydrogen-bond donors (Lipinski definition) is 1. The number of amides is 1. The number of hydrogen-bond acceptors (Lipinski definition) is 5. The molecule has 0 unspecified atom stereocenters. The lowest BCUT2D eigenvalue weighted by atomic mass is 10.0. The topological polar surface area (TPSA) is 82.3 Å². The Balaban J connectivity index is 1.62. The van der Waals surface area contributed by atoms with E-state index in [0.29, 0.717) is 17.6 Å². The zero-order chi connectivity index (χ0) is 21.3. The van der Waals surface area contributed by atoms with Crippen LogP contribution in [0.1, 0.15) is 53.3 Å². The summed E-state index contributed by atoms with van der Waals surface area (Å²) in [5.74, 6) is 0.626. The number of fused-ring (bicyclic) bond motifs is 1. The van der Waals surface area contributed by atoms with Crippen molar-refractivity contribution in [3.05, 3.63) is 59.4 Å². The second-order valence-corrected chi connectivity index (χ2v) is 7.86. The number of pyridine rings is 2. The minimum Gasteiger partial charge on any atom is -0.339 e. The Bertz CT molecular complexity index is 1070. The van der Waals surface area contributed by atoms with Gasteiger partial charge in [0.1, 0.15) is 11.3 Å². The van der Waals surface area contributed by atoms with Crippen molar-refractivity contribution in [2.75, 3.05) is 24.5 Å². The first-order valence-corrected chi connectivity index (χ1v) is 10.5. The van der Waals surface area contributed by atoms with Gasteiger partial charge in [0.05, 0.1) is 5.56 Å². The Morgan fingerprint density at radius 1 is 1.17 bits per heavy atom. The molecule has 30 heavy (non-hydrogen) atoms. The number of allylic oxidation sites excluding steroid dienone is 1. The number of nitrogens with one attached hydrogen (secondary N) is 1. The van der Waals surface area contributed by atoms with Gasteiger partial charge in [0, 0.05) is 49.4 Å². The zero-order valence-electron chi connectivity index (χ0n) is 17.4. The van der Waals surface area contributed by atoms with Crippen molar-refractivity contribution in [2.45, 2.75) is 39.0 Å². The summed E-state index contributed by atoms with van der Waals surface area (Å²) >= 11 is 0. The average Bonchev–Trinajstić information content (AvgIpc) is 3.31. The molecular weight excluding hydrogens is 378 g/mol. The standard InChI is InChI=1S/C23H27N5O2/c1-3-16(2)22(29)28-12-8-19(14-20(28)24)27-11-6-7-17-13-18(15-25-21(17)27)23(30)26-9-4-5-10-26/h8,12-15,24H,2-7,9-11H2,1H3. The number of likely N-dealkylation sites (tertiary alicyclic amines) is 1. The van der Waals surface area contributed by atoms with Crippen molar-refractivity contribution in [1.82, 2.24) is 14.5 Å². The Kier molecular flexibility index (Phi) is 5.53. The quantitative estimate of drug-likeness (QED) is 0.792. The fourth-order valence-corrected chi connectivity index (χ4v) is 4.09. The molecule has 0 radical (unpaired) electrons. The maximum Gasteiger partial charge on any atom is 0.258 e. The van der Waals surface area contributed by atoms with Crippen LogP contribution in [0.25, 0.3) is 0 Å². The van der Waals surface area contributed by atoms with Gasteiger partial charge in [0.2, 0.25) is 0 Å². The lowest BCUT2D eigenvalue weighted by Crippen LogP contribution is -2.31. The summed E-state index contributed by atoms with van der Waals surface area (Å²) < 4.78 is 1.31. The van der Waals surface area contributed by atoms with Crippen LogP contribution in [0.4, 0.5) is 11.5 Å². The van der Waals surface area contributed by atoms with Gasteiger partial charge in [-0.1, -0.05) is 13.5 Å². The van der Waals surface area contributed by atoms with E-state index in [4.69, 9.17) is 5.41 Å². The number of aromatic nitrogens is 2. The molecular formula is C23H27N5O2. The van der Waals surface area contributed by atoms with E-state index in [0.717, 1.165) is 62.4 Å². The van der Waals surface area contributed by atoms with E-state index in [9.17, 15) is 9.59 Å². The van der Waals surface area contributed by atoms with Gasteiger partial charge in [-0.05, 0) is 49.8 Å². The largest absolute Gasteiger partial charge is 0.339 e. The highest BCUT2D eigenvalue weighted by molar-refractivity contribution is 5.95. The normalized spacial score (nSPS) is 15.8. The molecule has 2 aromatic rings. The van der Waals surface area contributed by atoms with E-state index >= 15 is 0 Å². The first kappa shape index (κ1) is 20.1. The highest BCUT2D eigenvalue weighted by Gasteiger charge is 2.24. The lowest BCUT2D eigenvalue weighted by molar-refractivity contribution is 0.0792. The third-order valence-electron chi connectivity index (χ3n) is 5.86. The van der Waals surface area contributed by atoms with E-state index in [1.165, 1.54) is 4.57 Å². The fourth-order valence-electron chi connectivity index (χ4n) is 4.09. The van der Waals surface area contributed by atoms with E-state index in [2.05, 4.69) is 16.5 Å². The predicted octanol–water partition coefficient (Wildman–Crippen LogP) is 3.29. The van der Waals surface area contributed by atoms with E-state index in [-0.39, 0.29) is 17.3 Å². The molecule has 1 fully saturated rings. The summed E-state index contributed by atoms with van der Waals surface area (Å²) in [7, 11) is 0. The van der Waals surface area contributed by atoms with E-state index in [1.54, 1.807) is 18.5 Å². The first-order valence-electron chi connectivity index (χ1n) is 10.5. The minimum absolute atomic E-state index is 0.0591. The van der Waals surface area contributed by atoms with Crippen LogP contribution in [0, 0.1) is 5.41 Å². The molecule has 0 saturated carbocycles. The summed E-state index contributed by atoms with van der Waals surface area (Å²) in [6.07, 6.45) is 7.77. The van der Waals surface area contributed by atoms with Crippen molar-refractivity contribution in [3.63, 3.8) is 0 Å². The third-order valence-corrected chi connectivity index (χ3v) is 5.86. The Labute approximate surface area is 176 Å². The van der Waals surface area contributed by atoms with E-state index < -0.39 is 0 Å². The molecule has 4 rings (SSSR count). The van der Waals surface area contributed by atoms with Gasteiger partial charge in [-0.25, -0.2) is 4.98 Å². The molecule has 0 atom stereocenters. The van der Waals surface area contributed by atoms with Gasteiger partial charge >= 0.3 is 0 Å². The second-order valence-electron chi connectivity index (χ2n) is 7.86. The molecule has 0 spiro atoms. The number of aryl methyl sites for hydroxylation is 1. The van der Waals surface area contributed by atoms with Gasteiger partial charge in [-0.3, -0.25) is 19.6 Å². The monoisotopic (exact) mass is 405 g/mol. The fraction of sp³-hybridized carbons (Fsp3) is 0.391. The number of nitrogens with zero attached hydrogens (tertiary/aromatic N) is 4. The molecule has 2 aromatic heterocycles. The van der Waals surface area contributed by atoms with Gasteiger partial charge in [0.15, 0.2) is 0 Å². The molecule has 2 aliphatic rings. The van der Waals surface area contributed by atoms with Crippen LogP contribution in [0.2, 0.25) is 0 Å². The average molecular weight is 406 g/mol. The minimum atomic E-state index is -0.253. The molecule has 0 aliphatic carbocycles. The molecule has 1 N–H and O–H groups in total. The first-order chi connectivity index (χ1) is 14.5. The smallest absolute Gasteiger partial charge is 0.258 e. The Hall–Kier alpha value is -3.22. The maximum atomic E-state index is 12.7. The predicted molar refractivity (Wildman–Crippen MR) is 115 cm³/mol. The van der Waals surface area contributed by atoms with Crippen LogP contribution in [0.15, 0.2) is 42.7 Å².